The van der Waals surface area contributed by atoms with Crippen molar-refractivity contribution in [2.45, 2.75) is 39.5 Å². The van der Waals surface area contributed by atoms with Crippen molar-refractivity contribution >= 4 is 22.8 Å². The molecule has 3 nitrogen and oxygen atoms in total. The third-order valence-corrected chi connectivity index (χ3v) is 4.45. The summed E-state index contributed by atoms with van der Waals surface area (Å²) < 4.78 is 0. The summed E-state index contributed by atoms with van der Waals surface area (Å²) in [5.41, 5.74) is 0.987. The highest BCUT2D eigenvalue weighted by Crippen LogP contribution is 2.29. The molecule has 1 aliphatic heterocycles. The topological polar surface area (TPSA) is 33.2 Å². The Morgan fingerprint density at radius 1 is 1.47 bits per heavy atom. The van der Waals surface area contributed by atoms with Crippen molar-refractivity contribution < 1.29 is 4.79 Å². The van der Waals surface area contributed by atoms with E-state index in [9.17, 15) is 4.79 Å². The molecular weight excluding hydrogens is 232 g/mol. The van der Waals surface area contributed by atoms with Gasteiger partial charge in [-0.15, -0.1) is 0 Å². The van der Waals surface area contributed by atoms with Crippen molar-refractivity contribution in [3.8, 4) is 0 Å². The number of thiazole rings is 1. The summed E-state index contributed by atoms with van der Waals surface area (Å²) in [5, 5.41) is 1.04. The first-order valence-electron chi connectivity index (χ1n) is 6.44. The lowest BCUT2D eigenvalue weighted by molar-refractivity contribution is 0.112. The minimum absolute atomic E-state index is 0.820. The number of hydrogen-bond donors (Lipinski definition) is 0. The maximum atomic E-state index is 11.0. The van der Waals surface area contributed by atoms with Crippen LogP contribution in [0.25, 0.3) is 0 Å². The third-order valence-electron chi connectivity index (χ3n) is 3.36. The van der Waals surface area contributed by atoms with E-state index in [0.29, 0.717) is 0 Å². The lowest BCUT2D eigenvalue weighted by atomic mass is 10.00. The Labute approximate surface area is 107 Å². The average molecular weight is 252 g/mol. The molecule has 0 amide bonds. The predicted molar refractivity (Wildman–Crippen MR) is 72.1 cm³/mol. The van der Waals surface area contributed by atoms with Crippen LogP contribution in [0.4, 0.5) is 5.13 Å². The standard InChI is InChI=1S/C13H20N2OS/c1-3-4-11-12(9-16)17-13(14-11)15-7-5-10(2)6-8-15/h9-10H,3-8H2,1-2H3. The van der Waals surface area contributed by atoms with Gasteiger partial charge in [0.25, 0.3) is 0 Å². The molecule has 0 saturated carbocycles. The molecular formula is C13H20N2OS. The fraction of sp³-hybridized carbons (Fsp3) is 0.692. The molecule has 0 atom stereocenters. The zero-order valence-corrected chi connectivity index (χ0v) is 11.4. The van der Waals surface area contributed by atoms with Gasteiger partial charge in [0.1, 0.15) is 0 Å². The molecule has 0 N–H and O–H groups in total. The monoisotopic (exact) mass is 252 g/mol. The Morgan fingerprint density at radius 3 is 2.76 bits per heavy atom. The number of rotatable bonds is 4. The molecule has 94 valence electrons. The Kier molecular flexibility index (Phi) is 4.15. The van der Waals surface area contributed by atoms with E-state index in [1.807, 2.05) is 0 Å². The zero-order chi connectivity index (χ0) is 12.3. The van der Waals surface area contributed by atoms with E-state index in [4.69, 9.17) is 0 Å². The molecule has 4 heteroatoms. The Hall–Kier alpha value is -0.900. The van der Waals surface area contributed by atoms with E-state index in [1.165, 1.54) is 12.8 Å². The molecule has 0 aromatic carbocycles. The largest absolute Gasteiger partial charge is 0.348 e. The van der Waals surface area contributed by atoms with Crippen LogP contribution < -0.4 is 4.90 Å². The maximum absolute atomic E-state index is 11.0. The van der Waals surface area contributed by atoms with Crippen molar-refractivity contribution in [2.75, 3.05) is 18.0 Å². The summed E-state index contributed by atoms with van der Waals surface area (Å²) in [6.45, 7) is 6.59. The fourth-order valence-electron chi connectivity index (χ4n) is 2.19. The van der Waals surface area contributed by atoms with Gasteiger partial charge in [-0.2, -0.15) is 0 Å². The molecule has 0 aliphatic carbocycles. The minimum Gasteiger partial charge on any atom is -0.348 e. The maximum Gasteiger partial charge on any atom is 0.186 e. The number of piperidine rings is 1. The second kappa shape index (κ2) is 5.63. The predicted octanol–water partition coefficient (Wildman–Crippen LogP) is 3.14. The van der Waals surface area contributed by atoms with Crippen molar-refractivity contribution in [3.05, 3.63) is 10.6 Å². The summed E-state index contributed by atoms with van der Waals surface area (Å²) in [4.78, 5) is 18.8. The second-order valence-corrected chi connectivity index (χ2v) is 5.85. The van der Waals surface area contributed by atoms with Crippen LogP contribution in [-0.2, 0) is 6.42 Å². The Morgan fingerprint density at radius 2 is 2.18 bits per heavy atom. The minimum atomic E-state index is 0.820. The number of carbonyl (C=O) groups is 1. The lowest BCUT2D eigenvalue weighted by Crippen LogP contribution is -2.32. The summed E-state index contributed by atoms with van der Waals surface area (Å²) in [6, 6.07) is 0. The Bertz CT molecular complexity index is 381. The van der Waals surface area contributed by atoms with Crippen LogP contribution in [0.15, 0.2) is 0 Å². The van der Waals surface area contributed by atoms with Gasteiger partial charge in [0.05, 0.1) is 10.6 Å². The number of hydrogen-bond acceptors (Lipinski definition) is 4. The first-order chi connectivity index (χ1) is 8.24. The highest BCUT2D eigenvalue weighted by atomic mass is 32.1. The average Bonchev–Trinajstić information content (AvgIpc) is 2.74. The zero-order valence-electron chi connectivity index (χ0n) is 10.6. The van der Waals surface area contributed by atoms with E-state index in [2.05, 4.69) is 23.7 Å². The molecule has 17 heavy (non-hydrogen) atoms. The van der Waals surface area contributed by atoms with Gasteiger partial charge in [0, 0.05) is 13.1 Å². The summed E-state index contributed by atoms with van der Waals surface area (Å²) in [7, 11) is 0. The summed E-state index contributed by atoms with van der Waals surface area (Å²) >= 11 is 1.55. The first-order valence-corrected chi connectivity index (χ1v) is 7.26. The van der Waals surface area contributed by atoms with Gasteiger partial charge in [-0.3, -0.25) is 4.79 Å². The lowest BCUT2D eigenvalue weighted by Gasteiger charge is -2.29. The second-order valence-electron chi connectivity index (χ2n) is 4.84. The quantitative estimate of drug-likeness (QED) is 0.772. The molecule has 0 bridgehead atoms. The van der Waals surface area contributed by atoms with Crippen molar-refractivity contribution in [2.24, 2.45) is 5.92 Å². The number of anilines is 1. The highest BCUT2D eigenvalue weighted by Gasteiger charge is 2.20. The number of nitrogens with zero attached hydrogens (tertiary/aromatic N) is 2. The van der Waals surface area contributed by atoms with Crippen molar-refractivity contribution in [3.63, 3.8) is 0 Å². The third kappa shape index (κ3) is 2.86. The highest BCUT2D eigenvalue weighted by molar-refractivity contribution is 7.17. The molecule has 2 heterocycles. The SMILES string of the molecule is CCCc1nc(N2CCC(C)CC2)sc1C=O. The van der Waals surface area contributed by atoms with Crippen LogP contribution in [0.1, 0.15) is 48.5 Å². The van der Waals surface area contributed by atoms with Gasteiger partial charge in [0.2, 0.25) is 0 Å². The van der Waals surface area contributed by atoms with E-state index < -0.39 is 0 Å². The molecule has 0 unspecified atom stereocenters. The van der Waals surface area contributed by atoms with Crippen LogP contribution in [-0.4, -0.2) is 24.4 Å². The molecule has 0 spiro atoms. The molecule has 1 aromatic heterocycles. The summed E-state index contributed by atoms with van der Waals surface area (Å²) in [6.07, 6.45) is 5.38. The smallest absolute Gasteiger partial charge is 0.186 e. The van der Waals surface area contributed by atoms with Gasteiger partial charge >= 0.3 is 0 Å². The van der Waals surface area contributed by atoms with Gasteiger partial charge in [-0.1, -0.05) is 31.6 Å². The first kappa shape index (κ1) is 12.6. The van der Waals surface area contributed by atoms with Gasteiger partial charge in [-0.25, -0.2) is 4.98 Å². The molecule has 1 aliphatic rings. The number of aromatic nitrogens is 1. The van der Waals surface area contributed by atoms with E-state index in [-0.39, 0.29) is 0 Å². The molecule has 2 rings (SSSR count). The Balaban J connectivity index is 2.12. The number of carbonyl (C=O) groups excluding carboxylic acids is 1. The molecule has 0 radical (unpaired) electrons. The van der Waals surface area contributed by atoms with Crippen LogP contribution in [0.5, 0.6) is 0 Å². The van der Waals surface area contributed by atoms with Crippen LogP contribution >= 0.6 is 11.3 Å². The van der Waals surface area contributed by atoms with Gasteiger partial charge in [0.15, 0.2) is 11.4 Å². The van der Waals surface area contributed by atoms with E-state index in [1.54, 1.807) is 11.3 Å². The van der Waals surface area contributed by atoms with Crippen molar-refractivity contribution in [1.82, 2.24) is 4.98 Å². The number of aryl methyl sites for hydroxylation is 1. The molecule has 1 aromatic rings. The van der Waals surface area contributed by atoms with E-state index in [0.717, 1.165) is 53.8 Å². The van der Waals surface area contributed by atoms with E-state index >= 15 is 0 Å². The molecule has 1 saturated heterocycles. The van der Waals surface area contributed by atoms with Gasteiger partial charge in [-0.05, 0) is 25.2 Å². The molecule has 1 fully saturated rings. The van der Waals surface area contributed by atoms with Crippen LogP contribution in [0.3, 0.4) is 0 Å². The summed E-state index contributed by atoms with van der Waals surface area (Å²) in [5.74, 6) is 0.826. The van der Waals surface area contributed by atoms with Crippen molar-refractivity contribution in [1.29, 1.82) is 0 Å². The van der Waals surface area contributed by atoms with Crippen LogP contribution in [0, 0.1) is 5.92 Å². The number of aldehydes is 1. The van der Waals surface area contributed by atoms with Crippen LogP contribution in [0.2, 0.25) is 0 Å². The normalized spacial score (nSPS) is 17.4. The fourth-order valence-corrected chi connectivity index (χ4v) is 3.17. The van der Waals surface area contributed by atoms with Gasteiger partial charge < -0.3 is 4.90 Å².